The lowest BCUT2D eigenvalue weighted by atomic mass is 9.90. The Balaban J connectivity index is 1.30. The Kier molecular flexibility index (Phi) is 6.30. The number of hydrogen-bond acceptors (Lipinski definition) is 4. The number of nitrogens with one attached hydrogen (secondary N) is 1. The van der Waals surface area contributed by atoms with Crippen LogP contribution in [0.25, 0.3) is 21.8 Å². The highest BCUT2D eigenvalue weighted by Gasteiger charge is 2.28. The molecule has 3 aromatic heterocycles. The van der Waals surface area contributed by atoms with Crippen LogP contribution < -0.4 is 0 Å². The highest BCUT2D eigenvalue weighted by molar-refractivity contribution is 6.07. The highest BCUT2D eigenvalue weighted by atomic mass is 15.2. The number of benzene rings is 1. The van der Waals surface area contributed by atoms with E-state index < -0.39 is 0 Å². The first-order chi connectivity index (χ1) is 16.9. The van der Waals surface area contributed by atoms with E-state index in [-0.39, 0.29) is 0 Å². The van der Waals surface area contributed by atoms with E-state index in [1.54, 1.807) is 0 Å². The lowest BCUT2D eigenvalue weighted by molar-refractivity contribution is 0.147. The van der Waals surface area contributed by atoms with Crippen molar-refractivity contribution in [3.05, 3.63) is 71.8 Å². The fourth-order valence-corrected chi connectivity index (χ4v) is 6.11. The Morgan fingerprint density at radius 3 is 2.76 bits per heavy atom. The number of aromatic amines is 1. The van der Waals surface area contributed by atoms with Gasteiger partial charge in [-0.1, -0.05) is 30.7 Å². The van der Waals surface area contributed by atoms with Gasteiger partial charge < -0.3 is 9.88 Å². The second-order valence-corrected chi connectivity index (χ2v) is 10.0. The summed E-state index contributed by atoms with van der Waals surface area (Å²) >= 11 is 0. The minimum absolute atomic E-state index is 0.368. The van der Waals surface area contributed by atoms with Gasteiger partial charge in [0, 0.05) is 41.8 Å². The standard InChI is InChI=1S/C29H35N5/c1-4-17-33(18-5-1)19-8-20-34(27-13-6-9-22-10-7-15-31-28(22)27)21-26-29-24(14-16-30-26)23-11-2-3-12-25(23)32-29/h2-3,7,10-12,14-16,27,32H,1,4-6,8-9,13,17-21H2/t27-/m0/s1. The first-order valence-corrected chi connectivity index (χ1v) is 13.1. The molecule has 0 bridgehead atoms. The van der Waals surface area contributed by atoms with Crippen LogP contribution in [-0.4, -0.2) is 50.9 Å². The number of piperidine rings is 1. The molecule has 1 fully saturated rings. The molecule has 1 atom stereocenters. The molecule has 34 heavy (non-hydrogen) atoms. The topological polar surface area (TPSA) is 48.1 Å². The average molecular weight is 454 g/mol. The zero-order valence-electron chi connectivity index (χ0n) is 20.0. The van der Waals surface area contributed by atoms with Gasteiger partial charge in [0.25, 0.3) is 0 Å². The van der Waals surface area contributed by atoms with E-state index in [1.165, 1.54) is 91.2 Å². The van der Waals surface area contributed by atoms with Crippen LogP contribution in [0.5, 0.6) is 0 Å². The van der Waals surface area contributed by atoms with Crippen molar-refractivity contribution in [2.24, 2.45) is 0 Å². The van der Waals surface area contributed by atoms with Gasteiger partial charge >= 0.3 is 0 Å². The van der Waals surface area contributed by atoms with Crippen LogP contribution in [0.15, 0.2) is 54.9 Å². The summed E-state index contributed by atoms with van der Waals surface area (Å²) in [5.41, 5.74) is 6.23. The molecule has 1 aliphatic heterocycles. The van der Waals surface area contributed by atoms with Crippen molar-refractivity contribution in [3.63, 3.8) is 0 Å². The Hall–Kier alpha value is -2.76. The normalized spacial score (nSPS) is 19.1. The molecule has 5 nitrogen and oxygen atoms in total. The molecule has 176 valence electrons. The fourth-order valence-electron chi connectivity index (χ4n) is 6.11. The molecule has 2 aliphatic rings. The number of aryl methyl sites for hydroxylation is 1. The van der Waals surface area contributed by atoms with Crippen molar-refractivity contribution in [2.75, 3.05) is 26.2 Å². The molecule has 4 aromatic rings. The van der Waals surface area contributed by atoms with E-state index >= 15 is 0 Å². The number of fused-ring (bicyclic) bond motifs is 4. The van der Waals surface area contributed by atoms with Gasteiger partial charge in [-0.05, 0) is 81.9 Å². The van der Waals surface area contributed by atoms with Gasteiger partial charge in [-0.2, -0.15) is 0 Å². The Morgan fingerprint density at radius 2 is 1.82 bits per heavy atom. The Bertz CT molecular complexity index is 1260. The van der Waals surface area contributed by atoms with Crippen LogP contribution in [0, 0.1) is 0 Å². The van der Waals surface area contributed by atoms with Crippen molar-refractivity contribution in [1.29, 1.82) is 0 Å². The number of rotatable bonds is 7. The third-order valence-electron chi connectivity index (χ3n) is 7.83. The zero-order valence-corrected chi connectivity index (χ0v) is 20.0. The molecule has 1 aromatic carbocycles. The van der Waals surface area contributed by atoms with Crippen LogP contribution in [0.2, 0.25) is 0 Å². The SMILES string of the molecule is c1cnc2c(c1)CCC[C@@H]2N(CCCN1CCCCC1)Cc1nccc2c1[nH]c1ccccc12. The summed E-state index contributed by atoms with van der Waals surface area (Å²) in [4.78, 5) is 18.8. The molecule has 0 spiro atoms. The summed E-state index contributed by atoms with van der Waals surface area (Å²) in [5.74, 6) is 0. The molecule has 4 heterocycles. The van der Waals surface area contributed by atoms with Gasteiger partial charge in [0.05, 0.1) is 22.9 Å². The number of pyridine rings is 2. The van der Waals surface area contributed by atoms with Crippen LogP contribution in [0.1, 0.15) is 61.5 Å². The number of para-hydroxylation sites is 1. The number of H-pyrrole nitrogens is 1. The number of nitrogens with zero attached hydrogens (tertiary/aromatic N) is 4. The Morgan fingerprint density at radius 1 is 0.912 bits per heavy atom. The first kappa shape index (κ1) is 21.8. The second-order valence-electron chi connectivity index (χ2n) is 10.0. The van der Waals surface area contributed by atoms with E-state index in [4.69, 9.17) is 9.97 Å². The number of hydrogen-bond donors (Lipinski definition) is 1. The van der Waals surface area contributed by atoms with Crippen molar-refractivity contribution in [2.45, 2.75) is 57.5 Å². The fraction of sp³-hybridized carbons (Fsp3) is 0.448. The van der Waals surface area contributed by atoms with E-state index in [2.05, 4.69) is 57.2 Å². The smallest absolute Gasteiger partial charge is 0.0784 e. The minimum Gasteiger partial charge on any atom is -0.353 e. The summed E-state index contributed by atoms with van der Waals surface area (Å²) in [6.07, 6.45) is 12.8. The lowest BCUT2D eigenvalue weighted by Gasteiger charge is -2.35. The van der Waals surface area contributed by atoms with E-state index in [0.717, 1.165) is 25.2 Å². The minimum atomic E-state index is 0.368. The molecule has 1 saturated heterocycles. The molecule has 0 amide bonds. The zero-order chi connectivity index (χ0) is 22.7. The Labute approximate surface area is 202 Å². The van der Waals surface area contributed by atoms with Gasteiger partial charge in [0.1, 0.15) is 0 Å². The highest BCUT2D eigenvalue weighted by Crippen LogP contribution is 2.35. The molecule has 5 heteroatoms. The first-order valence-electron chi connectivity index (χ1n) is 13.1. The van der Waals surface area contributed by atoms with Gasteiger partial charge in [-0.3, -0.25) is 14.9 Å². The summed E-state index contributed by atoms with van der Waals surface area (Å²) in [6.45, 7) is 5.66. The number of aromatic nitrogens is 3. The second kappa shape index (κ2) is 9.85. The largest absolute Gasteiger partial charge is 0.353 e. The lowest BCUT2D eigenvalue weighted by Crippen LogP contribution is -2.36. The summed E-state index contributed by atoms with van der Waals surface area (Å²) in [7, 11) is 0. The monoisotopic (exact) mass is 453 g/mol. The molecular formula is C29H35N5. The molecule has 0 radical (unpaired) electrons. The summed E-state index contributed by atoms with van der Waals surface area (Å²) in [5, 5.41) is 2.55. The van der Waals surface area contributed by atoms with Crippen LogP contribution in [-0.2, 0) is 13.0 Å². The van der Waals surface area contributed by atoms with E-state index in [9.17, 15) is 0 Å². The summed E-state index contributed by atoms with van der Waals surface area (Å²) in [6, 6.07) is 15.5. The van der Waals surface area contributed by atoms with Crippen molar-refractivity contribution in [3.8, 4) is 0 Å². The van der Waals surface area contributed by atoms with Crippen LogP contribution >= 0.6 is 0 Å². The third kappa shape index (κ3) is 4.35. The van der Waals surface area contributed by atoms with Crippen LogP contribution in [0.4, 0.5) is 0 Å². The van der Waals surface area contributed by atoms with E-state index in [1.807, 2.05) is 12.4 Å². The number of likely N-dealkylation sites (tertiary alicyclic amines) is 1. The molecule has 1 N–H and O–H groups in total. The summed E-state index contributed by atoms with van der Waals surface area (Å²) < 4.78 is 0. The van der Waals surface area contributed by atoms with Gasteiger partial charge in [-0.25, -0.2) is 0 Å². The van der Waals surface area contributed by atoms with Crippen molar-refractivity contribution < 1.29 is 0 Å². The van der Waals surface area contributed by atoms with Gasteiger partial charge in [0.2, 0.25) is 0 Å². The van der Waals surface area contributed by atoms with Gasteiger partial charge in [0.15, 0.2) is 0 Å². The average Bonchev–Trinajstić information content (AvgIpc) is 3.28. The predicted molar refractivity (Wildman–Crippen MR) is 139 cm³/mol. The van der Waals surface area contributed by atoms with Gasteiger partial charge in [-0.15, -0.1) is 0 Å². The van der Waals surface area contributed by atoms with Crippen LogP contribution in [0.3, 0.4) is 0 Å². The quantitative estimate of drug-likeness (QED) is 0.380. The molecule has 1 aliphatic carbocycles. The van der Waals surface area contributed by atoms with E-state index in [0.29, 0.717) is 6.04 Å². The molecule has 6 rings (SSSR count). The maximum atomic E-state index is 4.89. The van der Waals surface area contributed by atoms with Crippen molar-refractivity contribution in [1.82, 2.24) is 24.8 Å². The maximum absolute atomic E-state index is 4.89. The maximum Gasteiger partial charge on any atom is 0.0784 e. The third-order valence-corrected chi connectivity index (χ3v) is 7.83. The molecule has 0 unspecified atom stereocenters. The molecular weight excluding hydrogens is 418 g/mol. The predicted octanol–water partition coefficient (Wildman–Crippen LogP) is 5.87. The molecule has 0 saturated carbocycles. The van der Waals surface area contributed by atoms with Crippen molar-refractivity contribution >= 4 is 21.8 Å².